The lowest BCUT2D eigenvalue weighted by atomic mass is 9.72. The Balaban J connectivity index is 0.000000487. The fourth-order valence-corrected chi connectivity index (χ4v) is 3.24. The third kappa shape index (κ3) is 6.68. The Morgan fingerprint density at radius 1 is 1.19 bits per heavy atom. The normalized spacial score (nSPS) is 22.5. The van der Waals surface area contributed by atoms with Gasteiger partial charge in [0.2, 0.25) is 0 Å². The highest BCUT2D eigenvalue weighted by Crippen LogP contribution is 2.37. The third-order valence-corrected chi connectivity index (χ3v) is 4.45. The molecule has 1 aromatic rings. The molecular formula is C18H25F2NO5. The van der Waals surface area contributed by atoms with Gasteiger partial charge in [-0.15, -0.1) is 0 Å². The molecule has 0 spiro atoms. The highest BCUT2D eigenvalue weighted by atomic mass is 19.1. The number of hydrogen-bond donors (Lipinski definition) is 3. The highest BCUT2D eigenvalue weighted by Gasteiger charge is 2.39. The highest BCUT2D eigenvalue weighted by molar-refractivity contribution is 6.27. The lowest BCUT2D eigenvalue weighted by Gasteiger charge is -2.41. The average Bonchev–Trinajstić information content (AvgIpc) is 2.53. The number of carboxylic acid groups (broad SMARTS) is 2. The lowest BCUT2D eigenvalue weighted by Crippen LogP contribution is -2.47. The van der Waals surface area contributed by atoms with Crippen molar-refractivity contribution >= 4 is 11.9 Å². The maximum atomic E-state index is 13.8. The molecule has 1 aliphatic carbocycles. The van der Waals surface area contributed by atoms with Gasteiger partial charge in [0.05, 0.1) is 5.60 Å². The first kappa shape index (κ1) is 22.0. The van der Waals surface area contributed by atoms with E-state index in [2.05, 4.69) is 0 Å². The number of rotatable bonds is 4. The van der Waals surface area contributed by atoms with Gasteiger partial charge in [-0.05, 0) is 50.7 Å². The van der Waals surface area contributed by atoms with Gasteiger partial charge in [0, 0.05) is 18.9 Å². The van der Waals surface area contributed by atoms with E-state index >= 15 is 0 Å². The maximum Gasteiger partial charge on any atom is 0.414 e. The maximum absolute atomic E-state index is 13.8. The number of hydrogen-bond acceptors (Lipinski definition) is 4. The van der Waals surface area contributed by atoms with Gasteiger partial charge in [-0.25, -0.2) is 18.4 Å². The Hall–Kier alpha value is -2.06. The number of aliphatic hydroxyl groups is 1. The van der Waals surface area contributed by atoms with E-state index in [1.165, 1.54) is 6.07 Å². The van der Waals surface area contributed by atoms with Crippen molar-refractivity contribution in [2.45, 2.75) is 37.7 Å². The summed E-state index contributed by atoms with van der Waals surface area (Å²) in [5.74, 6) is -4.43. The number of carbonyl (C=O) groups is 2. The molecule has 1 fully saturated rings. The standard InChI is InChI=1S/C16H23F2NO.C2H2O4/c1-19(2)11-13-5-3-4-8-16(13,20)10-12-9-14(17)6-7-15(12)18;3-1(4)2(5)6/h6-7,9,13,20H,3-5,8,10-11H2,1-2H3;(H,3,4)(H,5,6). The molecule has 0 saturated heterocycles. The summed E-state index contributed by atoms with van der Waals surface area (Å²) in [4.78, 5) is 20.2. The minimum absolute atomic E-state index is 0.105. The van der Waals surface area contributed by atoms with Crippen LogP contribution in [0, 0.1) is 17.6 Å². The molecule has 1 saturated carbocycles. The quantitative estimate of drug-likeness (QED) is 0.700. The minimum atomic E-state index is -1.82. The summed E-state index contributed by atoms with van der Waals surface area (Å²) in [5.41, 5.74) is -0.657. The van der Waals surface area contributed by atoms with Gasteiger partial charge in [-0.3, -0.25) is 0 Å². The van der Waals surface area contributed by atoms with Crippen LogP contribution in [0.2, 0.25) is 0 Å². The van der Waals surface area contributed by atoms with Gasteiger partial charge in [-0.1, -0.05) is 12.8 Å². The van der Waals surface area contributed by atoms with E-state index in [1.54, 1.807) is 0 Å². The van der Waals surface area contributed by atoms with Crippen molar-refractivity contribution in [1.29, 1.82) is 0 Å². The molecule has 2 unspecified atom stereocenters. The summed E-state index contributed by atoms with van der Waals surface area (Å²) in [7, 11) is 3.94. The monoisotopic (exact) mass is 373 g/mol. The minimum Gasteiger partial charge on any atom is -0.473 e. The molecule has 0 amide bonds. The van der Waals surface area contributed by atoms with Crippen LogP contribution < -0.4 is 0 Å². The Labute approximate surface area is 151 Å². The molecule has 0 aliphatic heterocycles. The van der Waals surface area contributed by atoms with Crippen LogP contribution in [-0.4, -0.2) is 58.4 Å². The first-order valence-corrected chi connectivity index (χ1v) is 8.32. The molecule has 3 N–H and O–H groups in total. The van der Waals surface area contributed by atoms with Crippen LogP contribution in [0.15, 0.2) is 18.2 Å². The van der Waals surface area contributed by atoms with Crippen LogP contribution in [-0.2, 0) is 16.0 Å². The van der Waals surface area contributed by atoms with Crippen molar-refractivity contribution in [1.82, 2.24) is 4.90 Å². The van der Waals surface area contributed by atoms with E-state index in [9.17, 15) is 13.9 Å². The SMILES string of the molecule is CN(C)CC1CCCCC1(O)Cc1cc(F)ccc1F.O=C(O)C(=O)O. The van der Waals surface area contributed by atoms with E-state index in [0.717, 1.165) is 37.9 Å². The Bertz CT molecular complexity index is 626. The van der Waals surface area contributed by atoms with E-state index in [1.807, 2.05) is 19.0 Å². The zero-order chi connectivity index (χ0) is 19.9. The molecule has 0 aromatic heterocycles. The fraction of sp³-hybridized carbons (Fsp3) is 0.556. The van der Waals surface area contributed by atoms with Crippen molar-refractivity contribution < 1.29 is 33.7 Å². The van der Waals surface area contributed by atoms with Crippen LogP contribution in [0.4, 0.5) is 8.78 Å². The average molecular weight is 373 g/mol. The van der Waals surface area contributed by atoms with Gasteiger partial charge in [0.25, 0.3) is 0 Å². The van der Waals surface area contributed by atoms with Crippen LogP contribution in [0.5, 0.6) is 0 Å². The molecule has 1 aromatic carbocycles. The molecule has 6 nitrogen and oxygen atoms in total. The van der Waals surface area contributed by atoms with Gasteiger partial charge < -0.3 is 20.2 Å². The van der Waals surface area contributed by atoms with E-state index in [4.69, 9.17) is 19.8 Å². The number of carboxylic acids is 2. The van der Waals surface area contributed by atoms with E-state index < -0.39 is 29.2 Å². The first-order valence-electron chi connectivity index (χ1n) is 8.32. The van der Waals surface area contributed by atoms with Gasteiger partial charge in [0.15, 0.2) is 0 Å². The molecule has 0 heterocycles. The summed E-state index contributed by atoms with van der Waals surface area (Å²) in [6.07, 6.45) is 3.81. The largest absolute Gasteiger partial charge is 0.473 e. The molecule has 146 valence electrons. The zero-order valence-electron chi connectivity index (χ0n) is 14.9. The summed E-state index contributed by atoms with van der Waals surface area (Å²) in [6, 6.07) is 3.45. The van der Waals surface area contributed by atoms with Gasteiger partial charge in [-0.2, -0.15) is 0 Å². The fourth-order valence-electron chi connectivity index (χ4n) is 3.24. The first-order chi connectivity index (χ1) is 12.0. The van der Waals surface area contributed by atoms with Crippen molar-refractivity contribution in [2.24, 2.45) is 5.92 Å². The molecule has 2 rings (SSSR count). The molecule has 8 heteroatoms. The molecular weight excluding hydrogens is 348 g/mol. The van der Waals surface area contributed by atoms with Gasteiger partial charge >= 0.3 is 11.9 Å². The summed E-state index contributed by atoms with van der Waals surface area (Å²) in [5, 5.41) is 25.7. The van der Waals surface area contributed by atoms with Crippen molar-refractivity contribution in [2.75, 3.05) is 20.6 Å². The topological polar surface area (TPSA) is 98.1 Å². The zero-order valence-corrected chi connectivity index (χ0v) is 14.9. The number of nitrogens with zero attached hydrogens (tertiary/aromatic N) is 1. The van der Waals surface area contributed by atoms with Crippen LogP contribution in [0.25, 0.3) is 0 Å². The summed E-state index contributed by atoms with van der Waals surface area (Å²) < 4.78 is 27.1. The second-order valence-electron chi connectivity index (χ2n) is 6.83. The van der Waals surface area contributed by atoms with Crippen LogP contribution in [0.1, 0.15) is 31.2 Å². The summed E-state index contributed by atoms with van der Waals surface area (Å²) in [6.45, 7) is 0.771. The molecule has 26 heavy (non-hydrogen) atoms. The second kappa shape index (κ2) is 9.59. The Morgan fingerprint density at radius 2 is 1.81 bits per heavy atom. The molecule has 1 aliphatic rings. The molecule has 0 bridgehead atoms. The predicted octanol–water partition coefficient (Wildman–Crippen LogP) is 2.15. The molecule has 0 radical (unpaired) electrons. The lowest BCUT2D eigenvalue weighted by molar-refractivity contribution is -0.159. The Kier molecular flexibility index (Phi) is 8.10. The third-order valence-electron chi connectivity index (χ3n) is 4.45. The van der Waals surface area contributed by atoms with Crippen LogP contribution in [0.3, 0.4) is 0 Å². The summed E-state index contributed by atoms with van der Waals surface area (Å²) >= 11 is 0. The number of benzene rings is 1. The molecule has 2 atom stereocenters. The van der Waals surface area contributed by atoms with Crippen LogP contribution >= 0.6 is 0 Å². The van der Waals surface area contributed by atoms with Crippen molar-refractivity contribution in [3.05, 3.63) is 35.4 Å². The Morgan fingerprint density at radius 3 is 2.35 bits per heavy atom. The second-order valence-corrected chi connectivity index (χ2v) is 6.83. The number of aliphatic carboxylic acids is 2. The van der Waals surface area contributed by atoms with Gasteiger partial charge in [0.1, 0.15) is 11.6 Å². The van der Waals surface area contributed by atoms with E-state index in [0.29, 0.717) is 6.42 Å². The van der Waals surface area contributed by atoms with Crippen molar-refractivity contribution in [3.63, 3.8) is 0 Å². The van der Waals surface area contributed by atoms with E-state index in [-0.39, 0.29) is 17.9 Å². The van der Waals surface area contributed by atoms with Crippen molar-refractivity contribution in [3.8, 4) is 0 Å². The number of halogens is 2. The predicted molar refractivity (Wildman–Crippen MR) is 90.8 cm³/mol. The smallest absolute Gasteiger partial charge is 0.414 e.